The van der Waals surface area contributed by atoms with Crippen molar-refractivity contribution in [2.45, 2.75) is 26.4 Å². The normalized spacial score (nSPS) is 26.8. The fraction of sp³-hybridized carbons (Fsp3) is 0.500. The zero-order valence-corrected chi connectivity index (χ0v) is 6.12. The third kappa shape index (κ3) is 1.11. The number of alkyl halides is 1. The van der Waals surface area contributed by atoms with E-state index in [0.717, 1.165) is 0 Å². The lowest BCUT2D eigenvalue weighted by molar-refractivity contribution is 0.373. The minimum absolute atomic E-state index is 0.189. The van der Waals surface area contributed by atoms with Crippen molar-refractivity contribution in [3.63, 3.8) is 0 Å². The zero-order valence-electron chi connectivity index (χ0n) is 6.12. The molecule has 0 aromatic heterocycles. The first-order valence-corrected chi connectivity index (χ1v) is 3.30. The molecule has 0 aromatic rings. The fourth-order valence-electron chi connectivity index (χ4n) is 0.960. The van der Waals surface area contributed by atoms with Crippen LogP contribution in [0.5, 0.6) is 0 Å². The van der Waals surface area contributed by atoms with Gasteiger partial charge in [-0.25, -0.2) is 8.78 Å². The average molecular weight is 144 g/mol. The standard InChI is InChI=1S/C8H10F2/c1-5-6(2)8(10)4-3-7(5)9/h3,8H,4H2,1-2H3. The van der Waals surface area contributed by atoms with Crippen LogP contribution in [0.15, 0.2) is 23.0 Å². The number of hydrogen-bond donors (Lipinski definition) is 0. The van der Waals surface area contributed by atoms with Crippen molar-refractivity contribution in [1.29, 1.82) is 0 Å². The van der Waals surface area contributed by atoms with Gasteiger partial charge in [0.2, 0.25) is 0 Å². The van der Waals surface area contributed by atoms with Crippen LogP contribution in [0.2, 0.25) is 0 Å². The molecule has 0 fully saturated rings. The molecular weight excluding hydrogens is 134 g/mol. The van der Waals surface area contributed by atoms with Gasteiger partial charge in [0, 0.05) is 6.42 Å². The van der Waals surface area contributed by atoms with E-state index in [1.54, 1.807) is 13.8 Å². The Kier molecular flexibility index (Phi) is 1.88. The average Bonchev–Trinajstić information content (AvgIpc) is 1.93. The first kappa shape index (κ1) is 7.45. The Labute approximate surface area is 59.2 Å². The second kappa shape index (κ2) is 2.52. The second-order valence-corrected chi connectivity index (χ2v) is 2.56. The van der Waals surface area contributed by atoms with Crippen LogP contribution in [0, 0.1) is 0 Å². The number of hydrogen-bond acceptors (Lipinski definition) is 0. The molecule has 56 valence electrons. The van der Waals surface area contributed by atoms with Crippen molar-refractivity contribution in [3.05, 3.63) is 23.0 Å². The summed E-state index contributed by atoms with van der Waals surface area (Å²) >= 11 is 0. The predicted molar refractivity (Wildman–Crippen MR) is 37.1 cm³/mol. The lowest BCUT2D eigenvalue weighted by atomic mass is 9.98. The van der Waals surface area contributed by atoms with Gasteiger partial charge < -0.3 is 0 Å². The molecule has 0 N–H and O–H groups in total. The number of halogens is 2. The fourth-order valence-corrected chi connectivity index (χ4v) is 0.960. The van der Waals surface area contributed by atoms with E-state index in [-0.39, 0.29) is 12.2 Å². The molecule has 1 aliphatic rings. The molecule has 1 aliphatic carbocycles. The smallest absolute Gasteiger partial charge is 0.125 e. The van der Waals surface area contributed by atoms with E-state index in [2.05, 4.69) is 0 Å². The Morgan fingerprint density at radius 2 is 2.10 bits per heavy atom. The van der Waals surface area contributed by atoms with Gasteiger partial charge in [-0.2, -0.15) is 0 Å². The highest BCUT2D eigenvalue weighted by Crippen LogP contribution is 2.27. The largest absolute Gasteiger partial charge is 0.242 e. The summed E-state index contributed by atoms with van der Waals surface area (Å²) in [6, 6.07) is 0. The number of rotatable bonds is 0. The summed E-state index contributed by atoms with van der Waals surface area (Å²) in [4.78, 5) is 0. The van der Waals surface area contributed by atoms with Gasteiger partial charge in [0.25, 0.3) is 0 Å². The molecule has 0 spiro atoms. The maximum Gasteiger partial charge on any atom is 0.125 e. The lowest BCUT2D eigenvalue weighted by Crippen LogP contribution is -2.07. The van der Waals surface area contributed by atoms with Crippen molar-refractivity contribution < 1.29 is 8.78 Å². The molecule has 0 amide bonds. The summed E-state index contributed by atoms with van der Waals surface area (Å²) in [7, 11) is 0. The predicted octanol–water partition coefficient (Wildman–Crippen LogP) is 2.92. The maximum atomic E-state index is 12.7. The monoisotopic (exact) mass is 144 g/mol. The Hall–Kier alpha value is -0.660. The van der Waals surface area contributed by atoms with E-state index in [9.17, 15) is 8.78 Å². The van der Waals surface area contributed by atoms with E-state index in [1.807, 2.05) is 0 Å². The van der Waals surface area contributed by atoms with Gasteiger partial charge in [-0.15, -0.1) is 0 Å². The molecule has 0 saturated carbocycles. The molecule has 0 aliphatic heterocycles. The summed E-state index contributed by atoms with van der Waals surface area (Å²) < 4.78 is 25.4. The van der Waals surface area contributed by atoms with Crippen molar-refractivity contribution in [1.82, 2.24) is 0 Å². The topological polar surface area (TPSA) is 0 Å². The van der Waals surface area contributed by atoms with E-state index >= 15 is 0 Å². The molecular formula is C8H10F2. The van der Waals surface area contributed by atoms with Crippen molar-refractivity contribution in [3.8, 4) is 0 Å². The van der Waals surface area contributed by atoms with Crippen LogP contribution in [0.3, 0.4) is 0 Å². The van der Waals surface area contributed by atoms with Gasteiger partial charge in [0.1, 0.15) is 12.0 Å². The Morgan fingerprint density at radius 3 is 2.60 bits per heavy atom. The van der Waals surface area contributed by atoms with E-state index < -0.39 is 6.17 Å². The van der Waals surface area contributed by atoms with Gasteiger partial charge in [-0.05, 0) is 31.1 Å². The number of allylic oxidation sites excluding steroid dienone is 4. The van der Waals surface area contributed by atoms with Gasteiger partial charge in [0.05, 0.1) is 0 Å². The highest BCUT2D eigenvalue weighted by molar-refractivity contribution is 5.34. The van der Waals surface area contributed by atoms with Crippen molar-refractivity contribution in [2.24, 2.45) is 0 Å². The minimum atomic E-state index is -0.973. The summed E-state index contributed by atoms with van der Waals surface area (Å²) in [6.07, 6.45) is 0.515. The summed E-state index contributed by atoms with van der Waals surface area (Å²) in [6.45, 7) is 3.24. The molecule has 10 heavy (non-hydrogen) atoms. The molecule has 1 rings (SSSR count). The Bertz CT molecular complexity index is 201. The van der Waals surface area contributed by atoms with Crippen molar-refractivity contribution >= 4 is 0 Å². The summed E-state index contributed by atoms with van der Waals surface area (Å²) in [5.41, 5.74) is 0.985. The van der Waals surface area contributed by atoms with E-state index in [0.29, 0.717) is 11.1 Å². The molecule has 0 radical (unpaired) electrons. The van der Waals surface area contributed by atoms with Gasteiger partial charge >= 0.3 is 0 Å². The molecule has 1 atom stereocenters. The molecule has 2 heteroatoms. The first-order chi connectivity index (χ1) is 4.63. The van der Waals surface area contributed by atoms with Crippen LogP contribution in [-0.4, -0.2) is 6.17 Å². The first-order valence-electron chi connectivity index (χ1n) is 3.30. The summed E-state index contributed by atoms with van der Waals surface area (Å²) in [5.74, 6) is -0.272. The van der Waals surface area contributed by atoms with Crippen LogP contribution >= 0.6 is 0 Å². The third-order valence-corrected chi connectivity index (χ3v) is 1.92. The molecule has 0 nitrogen and oxygen atoms in total. The lowest BCUT2D eigenvalue weighted by Gasteiger charge is -2.14. The highest BCUT2D eigenvalue weighted by Gasteiger charge is 2.17. The van der Waals surface area contributed by atoms with Gasteiger partial charge in [-0.3, -0.25) is 0 Å². The van der Waals surface area contributed by atoms with Crippen LogP contribution in [0.1, 0.15) is 20.3 Å². The van der Waals surface area contributed by atoms with Crippen molar-refractivity contribution in [2.75, 3.05) is 0 Å². The molecule has 0 aromatic carbocycles. The maximum absolute atomic E-state index is 12.7. The van der Waals surface area contributed by atoms with Gasteiger partial charge in [0.15, 0.2) is 0 Å². The van der Waals surface area contributed by atoms with Crippen LogP contribution < -0.4 is 0 Å². The quantitative estimate of drug-likeness (QED) is 0.490. The Balaban J connectivity index is 2.94. The molecule has 1 unspecified atom stereocenters. The molecule has 0 saturated heterocycles. The van der Waals surface area contributed by atoms with E-state index in [4.69, 9.17) is 0 Å². The minimum Gasteiger partial charge on any atom is -0.242 e. The second-order valence-electron chi connectivity index (χ2n) is 2.56. The SMILES string of the molecule is CC1=C(C)C(F)CC=C1F. The third-order valence-electron chi connectivity index (χ3n) is 1.92. The van der Waals surface area contributed by atoms with Crippen LogP contribution in [0.4, 0.5) is 8.78 Å². The van der Waals surface area contributed by atoms with E-state index in [1.165, 1.54) is 6.08 Å². The molecule has 0 bridgehead atoms. The van der Waals surface area contributed by atoms with Crippen LogP contribution in [-0.2, 0) is 0 Å². The van der Waals surface area contributed by atoms with Crippen LogP contribution in [0.25, 0.3) is 0 Å². The molecule has 0 heterocycles. The summed E-state index contributed by atoms with van der Waals surface area (Å²) in [5, 5.41) is 0. The zero-order chi connectivity index (χ0) is 7.72. The highest BCUT2D eigenvalue weighted by atomic mass is 19.1. The Morgan fingerprint density at radius 1 is 1.50 bits per heavy atom. The van der Waals surface area contributed by atoms with Gasteiger partial charge in [-0.1, -0.05) is 0 Å².